The monoisotopic (exact) mass is 230 g/mol. The van der Waals surface area contributed by atoms with Crippen molar-refractivity contribution in [2.75, 3.05) is 6.54 Å². The Morgan fingerprint density at radius 3 is 2.18 bits per heavy atom. The second-order valence-electron chi connectivity index (χ2n) is 6.45. The molecule has 3 rings (SSSR count). The Balaban J connectivity index is 1.70. The fourth-order valence-electron chi connectivity index (χ4n) is 3.04. The standard InChI is InChI=1S/C15H22N2/c1-14(2,15(16)7-8-15)11-17-9-12-5-3-4-6-13(12)10-17/h3-6H,7-11,16H2,1-2H3. The van der Waals surface area contributed by atoms with Crippen LogP contribution in [-0.2, 0) is 13.1 Å². The fourth-order valence-corrected chi connectivity index (χ4v) is 3.04. The van der Waals surface area contributed by atoms with Crippen molar-refractivity contribution in [1.29, 1.82) is 0 Å². The average Bonchev–Trinajstić information content (AvgIpc) is 2.91. The summed E-state index contributed by atoms with van der Waals surface area (Å²) in [5.74, 6) is 0. The number of hydrogen-bond acceptors (Lipinski definition) is 2. The first-order valence-corrected chi connectivity index (χ1v) is 6.58. The first-order chi connectivity index (χ1) is 8.00. The van der Waals surface area contributed by atoms with Gasteiger partial charge in [0.1, 0.15) is 0 Å². The van der Waals surface area contributed by atoms with Crippen LogP contribution < -0.4 is 5.73 Å². The molecule has 2 aliphatic rings. The van der Waals surface area contributed by atoms with E-state index in [2.05, 4.69) is 43.0 Å². The quantitative estimate of drug-likeness (QED) is 0.864. The number of benzene rings is 1. The molecule has 0 amide bonds. The molecule has 1 aliphatic carbocycles. The van der Waals surface area contributed by atoms with Crippen LogP contribution in [0.2, 0.25) is 0 Å². The van der Waals surface area contributed by atoms with Gasteiger partial charge in [-0.05, 0) is 29.4 Å². The van der Waals surface area contributed by atoms with Crippen molar-refractivity contribution in [3.8, 4) is 0 Å². The minimum absolute atomic E-state index is 0.0990. The predicted molar refractivity (Wildman–Crippen MR) is 70.5 cm³/mol. The molecule has 17 heavy (non-hydrogen) atoms. The van der Waals surface area contributed by atoms with E-state index in [0.29, 0.717) is 0 Å². The van der Waals surface area contributed by atoms with E-state index in [-0.39, 0.29) is 11.0 Å². The van der Waals surface area contributed by atoms with E-state index in [0.717, 1.165) is 19.6 Å². The molecule has 2 heteroatoms. The largest absolute Gasteiger partial charge is 0.325 e. The summed E-state index contributed by atoms with van der Waals surface area (Å²) < 4.78 is 0. The van der Waals surface area contributed by atoms with Gasteiger partial charge in [-0.15, -0.1) is 0 Å². The summed E-state index contributed by atoms with van der Waals surface area (Å²) >= 11 is 0. The Bertz CT molecular complexity index is 407. The smallest absolute Gasteiger partial charge is 0.0240 e. The summed E-state index contributed by atoms with van der Waals surface area (Å²) in [6.07, 6.45) is 2.39. The third-order valence-electron chi connectivity index (χ3n) is 4.66. The van der Waals surface area contributed by atoms with E-state index in [1.54, 1.807) is 0 Å². The summed E-state index contributed by atoms with van der Waals surface area (Å²) in [5.41, 5.74) is 9.69. The molecule has 0 spiro atoms. The van der Waals surface area contributed by atoms with Gasteiger partial charge in [0.05, 0.1) is 0 Å². The van der Waals surface area contributed by atoms with Crippen molar-refractivity contribution >= 4 is 0 Å². The Hall–Kier alpha value is -0.860. The maximum Gasteiger partial charge on any atom is 0.0240 e. The van der Waals surface area contributed by atoms with Crippen molar-refractivity contribution in [1.82, 2.24) is 4.90 Å². The third-order valence-corrected chi connectivity index (χ3v) is 4.66. The van der Waals surface area contributed by atoms with E-state index in [1.807, 2.05) is 0 Å². The molecule has 2 N–H and O–H groups in total. The molecule has 1 saturated carbocycles. The van der Waals surface area contributed by atoms with Gasteiger partial charge in [0.25, 0.3) is 0 Å². The minimum Gasteiger partial charge on any atom is -0.325 e. The van der Waals surface area contributed by atoms with Crippen molar-refractivity contribution in [2.24, 2.45) is 11.1 Å². The average molecular weight is 230 g/mol. The SMILES string of the molecule is CC(C)(CN1Cc2ccccc2C1)C1(N)CC1. The Labute approximate surface area is 104 Å². The third kappa shape index (κ3) is 1.90. The molecule has 2 nitrogen and oxygen atoms in total. The van der Waals surface area contributed by atoms with Gasteiger partial charge in [-0.1, -0.05) is 38.1 Å². The minimum atomic E-state index is 0.0990. The van der Waals surface area contributed by atoms with Crippen molar-refractivity contribution < 1.29 is 0 Å². The highest BCUT2D eigenvalue weighted by atomic mass is 15.2. The van der Waals surface area contributed by atoms with Gasteiger partial charge in [-0.2, -0.15) is 0 Å². The lowest BCUT2D eigenvalue weighted by molar-refractivity contribution is 0.142. The van der Waals surface area contributed by atoms with E-state index in [4.69, 9.17) is 5.73 Å². The number of nitrogens with two attached hydrogens (primary N) is 1. The fraction of sp³-hybridized carbons (Fsp3) is 0.600. The van der Waals surface area contributed by atoms with E-state index < -0.39 is 0 Å². The zero-order valence-corrected chi connectivity index (χ0v) is 10.9. The zero-order chi connectivity index (χ0) is 12.1. The van der Waals surface area contributed by atoms with Gasteiger partial charge in [-0.3, -0.25) is 4.90 Å². The Morgan fingerprint density at radius 2 is 1.71 bits per heavy atom. The summed E-state index contributed by atoms with van der Waals surface area (Å²) in [6, 6.07) is 8.77. The molecule has 1 heterocycles. The Kier molecular flexibility index (Phi) is 2.36. The first kappa shape index (κ1) is 11.2. The highest BCUT2D eigenvalue weighted by Crippen LogP contribution is 2.48. The Morgan fingerprint density at radius 1 is 1.18 bits per heavy atom. The molecular formula is C15H22N2. The molecule has 0 unspecified atom stereocenters. The van der Waals surface area contributed by atoms with Crippen LogP contribution in [0.15, 0.2) is 24.3 Å². The van der Waals surface area contributed by atoms with E-state index in [9.17, 15) is 0 Å². The lowest BCUT2D eigenvalue weighted by Crippen LogP contribution is -2.46. The number of hydrogen-bond donors (Lipinski definition) is 1. The van der Waals surface area contributed by atoms with Gasteiger partial charge in [-0.25, -0.2) is 0 Å². The molecule has 0 radical (unpaired) electrons. The van der Waals surface area contributed by atoms with Crippen LogP contribution in [0.4, 0.5) is 0 Å². The molecule has 0 aromatic heterocycles. The molecule has 92 valence electrons. The van der Waals surface area contributed by atoms with Crippen LogP contribution in [0.5, 0.6) is 0 Å². The maximum absolute atomic E-state index is 6.38. The molecule has 1 fully saturated rings. The number of rotatable bonds is 3. The molecule has 0 bridgehead atoms. The van der Waals surface area contributed by atoms with Crippen LogP contribution >= 0.6 is 0 Å². The van der Waals surface area contributed by atoms with E-state index in [1.165, 1.54) is 24.0 Å². The van der Waals surface area contributed by atoms with Gasteiger partial charge in [0.2, 0.25) is 0 Å². The normalized spacial score (nSPS) is 22.5. The molecule has 1 aromatic rings. The lowest BCUT2D eigenvalue weighted by Gasteiger charge is -2.35. The molecule has 1 aliphatic heterocycles. The van der Waals surface area contributed by atoms with Crippen LogP contribution in [0, 0.1) is 5.41 Å². The lowest BCUT2D eigenvalue weighted by atomic mass is 9.82. The van der Waals surface area contributed by atoms with E-state index >= 15 is 0 Å². The second kappa shape index (κ2) is 3.56. The molecule has 1 aromatic carbocycles. The molecular weight excluding hydrogens is 208 g/mol. The summed E-state index contributed by atoms with van der Waals surface area (Å²) in [6.45, 7) is 7.94. The summed E-state index contributed by atoms with van der Waals surface area (Å²) in [7, 11) is 0. The maximum atomic E-state index is 6.38. The topological polar surface area (TPSA) is 29.3 Å². The summed E-state index contributed by atoms with van der Waals surface area (Å²) in [5, 5.41) is 0. The zero-order valence-electron chi connectivity index (χ0n) is 10.9. The van der Waals surface area contributed by atoms with Crippen molar-refractivity contribution in [3.05, 3.63) is 35.4 Å². The molecule has 0 atom stereocenters. The second-order valence-corrected chi connectivity index (χ2v) is 6.45. The highest BCUT2D eigenvalue weighted by molar-refractivity contribution is 5.30. The van der Waals surface area contributed by atoms with Crippen LogP contribution in [0.25, 0.3) is 0 Å². The van der Waals surface area contributed by atoms with Gasteiger partial charge in [0.15, 0.2) is 0 Å². The van der Waals surface area contributed by atoms with Crippen LogP contribution in [0.3, 0.4) is 0 Å². The van der Waals surface area contributed by atoms with Gasteiger partial charge in [0, 0.05) is 25.2 Å². The van der Waals surface area contributed by atoms with Gasteiger partial charge >= 0.3 is 0 Å². The van der Waals surface area contributed by atoms with Crippen molar-refractivity contribution in [3.63, 3.8) is 0 Å². The van der Waals surface area contributed by atoms with Crippen molar-refractivity contribution in [2.45, 2.75) is 45.3 Å². The highest BCUT2D eigenvalue weighted by Gasteiger charge is 2.51. The predicted octanol–water partition coefficient (Wildman–Crippen LogP) is 2.52. The van der Waals surface area contributed by atoms with Gasteiger partial charge < -0.3 is 5.73 Å². The van der Waals surface area contributed by atoms with Crippen LogP contribution in [-0.4, -0.2) is 17.0 Å². The summed E-state index contributed by atoms with van der Waals surface area (Å²) in [4.78, 5) is 2.54. The van der Waals surface area contributed by atoms with Crippen LogP contribution in [0.1, 0.15) is 37.8 Å². The first-order valence-electron chi connectivity index (χ1n) is 6.58. The molecule has 0 saturated heterocycles. The number of nitrogens with zero attached hydrogens (tertiary/aromatic N) is 1. The number of fused-ring (bicyclic) bond motifs is 1.